The minimum Gasteiger partial charge on any atom is -0.460 e. The molecule has 112 valence electrons. The Morgan fingerprint density at radius 2 is 2.35 bits per heavy atom. The predicted octanol–water partition coefficient (Wildman–Crippen LogP) is -0.0410. The van der Waals surface area contributed by atoms with E-state index in [1.54, 1.807) is 6.92 Å². The highest BCUT2D eigenvalue weighted by molar-refractivity contribution is 5.85. The van der Waals surface area contributed by atoms with E-state index in [0.29, 0.717) is 25.8 Å². The predicted molar refractivity (Wildman–Crippen MR) is 70.2 cm³/mol. The first-order valence-electron chi connectivity index (χ1n) is 6.90. The second-order valence-electron chi connectivity index (χ2n) is 4.99. The number of ether oxygens (including phenoxy) is 2. The van der Waals surface area contributed by atoms with Crippen molar-refractivity contribution < 1.29 is 14.3 Å². The first kappa shape index (κ1) is 14.9. The first-order chi connectivity index (χ1) is 9.61. The van der Waals surface area contributed by atoms with E-state index < -0.39 is 5.97 Å². The summed E-state index contributed by atoms with van der Waals surface area (Å²) < 4.78 is 12.1. The SMILES string of the molecule is CCOC(=O)c1nnnn1CC1CN(C(C)C)CCO1. The fraction of sp³-hybridized carbons (Fsp3) is 0.833. The molecule has 0 N–H and O–H groups in total. The maximum absolute atomic E-state index is 11.7. The molecule has 2 rings (SSSR count). The molecule has 20 heavy (non-hydrogen) atoms. The molecule has 1 unspecified atom stereocenters. The number of carbonyl (C=O) groups is 1. The lowest BCUT2D eigenvalue weighted by Crippen LogP contribution is -2.47. The van der Waals surface area contributed by atoms with E-state index in [1.807, 2.05) is 0 Å². The van der Waals surface area contributed by atoms with Crippen LogP contribution in [-0.4, -0.2) is 69.5 Å². The van der Waals surface area contributed by atoms with E-state index in [4.69, 9.17) is 9.47 Å². The van der Waals surface area contributed by atoms with E-state index in [2.05, 4.69) is 34.3 Å². The van der Waals surface area contributed by atoms with Crippen molar-refractivity contribution in [2.45, 2.75) is 39.5 Å². The van der Waals surface area contributed by atoms with Crippen LogP contribution in [0.15, 0.2) is 0 Å². The molecule has 1 aromatic rings. The lowest BCUT2D eigenvalue weighted by atomic mass is 10.2. The number of aromatic nitrogens is 4. The molecule has 1 aliphatic heterocycles. The highest BCUT2D eigenvalue weighted by atomic mass is 16.5. The van der Waals surface area contributed by atoms with Crippen molar-refractivity contribution in [2.75, 3.05) is 26.3 Å². The fourth-order valence-electron chi connectivity index (χ4n) is 2.18. The van der Waals surface area contributed by atoms with Gasteiger partial charge in [-0.25, -0.2) is 9.48 Å². The van der Waals surface area contributed by atoms with Gasteiger partial charge in [0.25, 0.3) is 5.82 Å². The summed E-state index contributed by atoms with van der Waals surface area (Å²) in [6.07, 6.45) is -0.0252. The summed E-state index contributed by atoms with van der Waals surface area (Å²) in [6, 6.07) is 0.472. The standard InChI is InChI=1S/C12H21N5O3/c1-4-19-12(18)11-13-14-15-17(11)8-10-7-16(9(2)3)5-6-20-10/h9-10H,4-8H2,1-3H3. The Morgan fingerprint density at radius 3 is 3.05 bits per heavy atom. The molecule has 1 saturated heterocycles. The Bertz CT molecular complexity index is 448. The van der Waals surface area contributed by atoms with Gasteiger partial charge in [-0.05, 0) is 31.2 Å². The summed E-state index contributed by atoms with van der Waals surface area (Å²) in [4.78, 5) is 14.0. The summed E-state index contributed by atoms with van der Waals surface area (Å²) >= 11 is 0. The molecule has 0 saturated carbocycles. The lowest BCUT2D eigenvalue weighted by Gasteiger charge is -2.35. The third-order valence-corrected chi connectivity index (χ3v) is 3.27. The van der Waals surface area contributed by atoms with Crippen molar-refractivity contribution in [1.29, 1.82) is 0 Å². The summed E-state index contributed by atoms with van der Waals surface area (Å²) in [5.74, 6) is -0.383. The molecule has 8 heteroatoms. The number of hydrogen-bond acceptors (Lipinski definition) is 7. The van der Waals surface area contributed by atoms with Crippen LogP contribution in [0.1, 0.15) is 31.4 Å². The molecule has 0 aromatic carbocycles. The van der Waals surface area contributed by atoms with Gasteiger partial charge in [-0.2, -0.15) is 0 Å². The molecular formula is C12H21N5O3. The Balaban J connectivity index is 1.99. The normalized spacial score (nSPS) is 20.3. The van der Waals surface area contributed by atoms with Gasteiger partial charge in [0.05, 0.1) is 25.9 Å². The van der Waals surface area contributed by atoms with Gasteiger partial charge >= 0.3 is 5.97 Å². The zero-order chi connectivity index (χ0) is 14.5. The van der Waals surface area contributed by atoms with Crippen molar-refractivity contribution in [3.8, 4) is 0 Å². The largest absolute Gasteiger partial charge is 0.460 e. The maximum Gasteiger partial charge on any atom is 0.378 e. The third-order valence-electron chi connectivity index (χ3n) is 3.27. The number of nitrogens with zero attached hydrogens (tertiary/aromatic N) is 5. The quantitative estimate of drug-likeness (QED) is 0.701. The zero-order valence-corrected chi connectivity index (χ0v) is 12.2. The second kappa shape index (κ2) is 6.76. The Hall–Kier alpha value is -1.54. The molecule has 8 nitrogen and oxygen atoms in total. The Labute approximate surface area is 118 Å². The smallest absolute Gasteiger partial charge is 0.378 e. The van der Waals surface area contributed by atoms with Gasteiger partial charge in [-0.3, -0.25) is 4.90 Å². The number of esters is 1. The van der Waals surface area contributed by atoms with E-state index in [9.17, 15) is 4.79 Å². The monoisotopic (exact) mass is 283 g/mol. The summed E-state index contributed by atoms with van der Waals surface area (Å²) in [7, 11) is 0. The minimum atomic E-state index is -0.506. The molecule has 0 bridgehead atoms. The van der Waals surface area contributed by atoms with Gasteiger partial charge in [0.15, 0.2) is 0 Å². The molecular weight excluding hydrogens is 262 g/mol. The second-order valence-corrected chi connectivity index (χ2v) is 4.99. The van der Waals surface area contributed by atoms with Gasteiger partial charge in [0, 0.05) is 19.1 Å². The molecule has 0 amide bonds. The molecule has 0 radical (unpaired) electrons. The summed E-state index contributed by atoms with van der Waals surface area (Å²) in [6.45, 7) is 9.22. The molecule has 1 atom stereocenters. The third kappa shape index (κ3) is 3.51. The van der Waals surface area contributed by atoms with Crippen LogP contribution >= 0.6 is 0 Å². The number of rotatable bonds is 5. The Morgan fingerprint density at radius 1 is 1.55 bits per heavy atom. The van der Waals surface area contributed by atoms with Gasteiger partial charge in [0.2, 0.25) is 0 Å². The van der Waals surface area contributed by atoms with Crippen LogP contribution in [0.4, 0.5) is 0 Å². The van der Waals surface area contributed by atoms with Crippen LogP contribution in [0, 0.1) is 0 Å². The topological polar surface area (TPSA) is 82.4 Å². The number of hydrogen-bond donors (Lipinski definition) is 0. The van der Waals surface area contributed by atoms with Crippen molar-refractivity contribution in [3.63, 3.8) is 0 Å². The van der Waals surface area contributed by atoms with Gasteiger partial charge in [-0.1, -0.05) is 0 Å². The van der Waals surface area contributed by atoms with Gasteiger partial charge < -0.3 is 9.47 Å². The number of morpholine rings is 1. The van der Waals surface area contributed by atoms with Gasteiger partial charge in [0.1, 0.15) is 0 Å². The lowest BCUT2D eigenvalue weighted by molar-refractivity contribution is -0.0475. The van der Waals surface area contributed by atoms with Crippen molar-refractivity contribution in [2.24, 2.45) is 0 Å². The van der Waals surface area contributed by atoms with Crippen molar-refractivity contribution in [3.05, 3.63) is 5.82 Å². The van der Waals surface area contributed by atoms with Crippen LogP contribution in [0.25, 0.3) is 0 Å². The summed E-state index contributed by atoms with van der Waals surface area (Å²) in [5.41, 5.74) is 0. The van der Waals surface area contributed by atoms with Crippen LogP contribution < -0.4 is 0 Å². The molecule has 0 aliphatic carbocycles. The van der Waals surface area contributed by atoms with Crippen LogP contribution in [0.5, 0.6) is 0 Å². The fourth-order valence-corrected chi connectivity index (χ4v) is 2.18. The zero-order valence-electron chi connectivity index (χ0n) is 12.2. The van der Waals surface area contributed by atoms with E-state index in [0.717, 1.165) is 13.1 Å². The maximum atomic E-state index is 11.7. The van der Waals surface area contributed by atoms with Crippen LogP contribution in [0.3, 0.4) is 0 Å². The Kier molecular flexibility index (Phi) is 5.02. The highest BCUT2D eigenvalue weighted by Crippen LogP contribution is 2.11. The highest BCUT2D eigenvalue weighted by Gasteiger charge is 2.25. The van der Waals surface area contributed by atoms with Crippen LogP contribution in [-0.2, 0) is 16.0 Å². The number of tetrazole rings is 1. The molecule has 1 fully saturated rings. The van der Waals surface area contributed by atoms with Crippen molar-refractivity contribution >= 4 is 5.97 Å². The molecule has 0 spiro atoms. The molecule has 1 aromatic heterocycles. The van der Waals surface area contributed by atoms with E-state index in [-0.39, 0.29) is 11.9 Å². The summed E-state index contributed by atoms with van der Waals surface area (Å²) in [5, 5.41) is 11.1. The van der Waals surface area contributed by atoms with Crippen LogP contribution in [0.2, 0.25) is 0 Å². The average Bonchev–Trinajstić information content (AvgIpc) is 2.87. The van der Waals surface area contributed by atoms with Crippen molar-refractivity contribution in [1.82, 2.24) is 25.1 Å². The van der Waals surface area contributed by atoms with E-state index in [1.165, 1.54) is 4.68 Å². The minimum absolute atomic E-state index is 0.0252. The first-order valence-corrected chi connectivity index (χ1v) is 6.90. The number of carbonyl (C=O) groups excluding carboxylic acids is 1. The van der Waals surface area contributed by atoms with Gasteiger partial charge in [-0.15, -0.1) is 5.10 Å². The molecule has 1 aliphatic rings. The average molecular weight is 283 g/mol. The molecule has 2 heterocycles. The van der Waals surface area contributed by atoms with E-state index >= 15 is 0 Å².